The van der Waals surface area contributed by atoms with Crippen molar-refractivity contribution in [2.75, 3.05) is 13.4 Å². The molecule has 0 spiro atoms. The highest BCUT2D eigenvalue weighted by atomic mass is 16.7. The molecule has 35 heavy (non-hydrogen) atoms. The zero-order chi connectivity index (χ0) is 25.4. The fraction of sp³-hybridized carbons (Fsp3) is 0.360. The SMILES string of the molecule is CCOC(=O)C(C)Oc1ccc(/C=N/NC(=O)C(NC(=O)c2ccc3c(c2)OCO3)C(C)C)cc1. The van der Waals surface area contributed by atoms with Gasteiger partial charge in [0.15, 0.2) is 17.6 Å². The molecule has 2 aromatic rings. The van der Waals surface area contributed by atoms with Crippen molar-refractivity contribution in [2.24, 2.45) is 11.0 Å². The Hall–Kier alpha value is -4.08. The fourth-order valence-electron chi connectivity index (χ4n) is 3.18. The van der Waals surface area contributed by atoms with Crippen molar-refractivity contribution in [1.82, 2.24) is 10.7 Å². The molecule has 2 unspecified atom stereocenters. The number of nitrogens with zero attached hydrogens (tertiary/aromatic N) is 1. The highest BCUT2D eigenvalue weighted by Crippen LogP contribution is 2.32. The first-order valence-electron chi connectivity index (χ1n) is 11.2. The van der Waals surface area contributed by atoms with Crippen LogP contribution in [0.2, 0.25) is 0 Å². The van der Waals surface area contributed by atoms with Gasteiger partial charge in [-0.25, -0.2) is 10.2 Å². The second-order valence-electron chi connectivity index (χ2n) is 8.08. The van der Waals surface area contributed by atoms with Crippen LogP contribution in [0.25, 0.3) is 0 Å². The van der Waals surface area contributed by atoms with Crippen molar-refractivity contribution >= 4 is 24.0 Å². The summed E-state index contributed by atoms with van der Waals surface area (Å²) in [5.74, 6) is 0.0778. The van der Waals surface area contributed by atoms with Gasteiger partial charge in [0.05, 0.1) is 12.8 Å². The minimum atomic E-state index is -0.801. The summed E-state index contributed by atoms with van der Waals surface area (Å²) in [6.07, 6.45) is 0.739. The molecule has 1 aliphatic heterocycles. The van der Waals surface area contributed by atoms with E-state index in [-0.39, 0.29) is 19.3 Å². The van der Waals surface area contributed by atoms with Crippen LogP contribution in [0.5, 0.6) is 17.2 Å². The lowest BCUT2D eigenvalue weighted by Gasteiger charge is -2.20. The molecule has 3 rings (SSSR count). The van der Waals surface area contributed by atoms with Crippen LogP contribution in [0.4, 0.5) is 0 Å². The summed E-state index contributed by atoms with van der Waals surface area (Å²) < 4.78 is 21.0. The smallest absolute Gasteiger partial charge is 0.347 e. The normalized spacial score (nSPS) is 13.9. The van der Waals surface area contributed by atoms with Crippen LogP contribution in [0.1, 0.15) is 43.6 Å². The van der Waals surface area contributed by atoms with Gasteiger partial charge in [0, 0.05) is 5.56 Å². The van der Waals surface area contributed by atoms with Gasteiger partial charge in [-0.1, -0.05) is 13.8 Å². The number of hydrogen-bond donors (Lipinski definition) is 2. The van der Waals surface area contributed by atoms with Crippen LogP contribution >= 0.6 is 0 Å². The molecule has 2 amide bonds. The lowest BCUT2D eigenvalue weighted by Crippen LogP contribution is -2.48. The summed E-state index contributed by atoms with van der Waals surface area (Å²) in [7, 11) is 0. The van der Waals surface area contributed by atoms with E-state index >= 15 is 0 Å². The van der Waals surface area contributed by atoms with Gasteiger partial charge in [0.1, 0.15) is 11.8 Å². The molecular weight excluding hydrogens is 454 g/mol. The van der Waals surface area contributed by atoms with E-state index in [4.69, 9.17) is 18.9 Å². The van der Waals surface area contributed by atoms with Crippen molar-refractivity contribution in [3.63, 3.8) is 0 Å². The van der Waals surface area contributed by atoms with Crippen LogP contribution in [0.3, 0.4) is 0 Å². The second-order valence-corrected chi connectivity index (χ2v) is 8.08. The minimum Gasteiger partial charge on any atom is -0.479 e. The Kier molecular flexibility index (Phi) is 8.66. The van der Waals surface area contributed by atoms with E-state index < -0.39 is 29.9 Å². The number of amides is 2. The number of hydrazone groups is 1. The molecular formula is C25H29N3O7. The predicted octanol–water partition coefficient (Wildman–Crippen LogP) is 2.65. The Labute approximate surface area is 203 Å². The van der Waals surface area contributed by atoms with E-state index in [0.29, 0.717) is 28.4 Å². The first kappa shape index (κ1) is 25.5. The third-order valence-electron chi connectivity index (χ3n) is 5.07. The number of hydrogen-bond acceptors (Lipinski definition) is 8. The Morgan fingerprint density at radius 3 is 2.46 bits per heavy atom. The lowest BCUT2D eigenvalue weighted by molar-refractivity contribution is -0.150. The summed E-state index contributed by atoms with van der Waals surface area (Å²) in [4.78, 5) is 37.0. The topological polar surface area (TPSA) is 125 Å². The fourth-order valence-corrected chi connectivity index (χ4v) is 3.18. The molecule has 2 atom stereocenters. The molecule has 0 fully saturated rings. The maximum absolute atomic E-state index is 12.7. The van der Waals surface area contributed by atoms with E-state index in [9.17, 15) is 14.4 Å². The number of fused-ring (bicyclic) bond motifs is 1. The zero-order valence-corrected chi connectivity index (χ0v) is 20.1. The quantitative estimate of drug-likeness (QED) is 0.302. The highest BCUT2D eigenvalue weighted by molar-refractivity contribution is 5.98. The van der Waals surface area contributed by atoms with Crippen molar-refractivity contribution < 1.29 is 33.3 Å². The summed E-state index contributed by atoms with van der Waals surface area (Å²) >= 11 is 0. The third kappa shape index (κ3) is 6.95. The molecule has 0 bridgehead atoms. The van der Waals surface area contributed by atoms with E-state index in [2.05, 4.69) is 15.8 Å². The minimum absolute atomic E-state index is 0.109. The van der Waals surface area contributed by atoms with Crippen molar-refractivity contribution in [3.05, 3.63) is 53.6 Å². The molecule has 10 heteroatoms. The van der Waals surface area contributed by atoms with Crippen molar-refractivity contribution in [3.8, 4) is 17.2 Å². The Balaban J connectivity index is 1.54. The zero-order valence-electron chi connectivity index (χ0n) is 20.1. The van der Waals surface area contributed by atoms with E-state index in [1.807, 2.05) is 13.8 Å². The summed E-state index contributed by atoms with van der Waals surface area (Å²) in [5, 5.41) is 6.73. The van der Waals surface area contributed by atoms with Gasteiger partial charge in [-0.3, -0.25) is 9.59 Å². The largest absolute Gasteiger partial charge is 0.479 e. The predicted molar refractivity (Wildman–Crippen MR) is 128 cm³/mol. The van der Waals surface area contributed by atoms with E-state index in [1.54, 1.807) is 56.3 Å². The average molecular weight is 484 g/mol. The number of rotatable bonds is 10. The van der Waals surface area contributed by atoms with Crippen LogP contribution in [0, 0.1) is 5.92 Å². The molecule has 10 nitrogen and oxygen atoms in total. The van der Waals surface area contributed by atoms with Gasteiger partial charge < -0.3 is 24.3 Å². The second kappa shape index (κ2) is 11.9. The summed E-state index contributed by atoms with van der Waals surface area (Å²) in [6, 6.07) is 10.9. The number of carbonyl (C=O) groups is 3. The van der Waals surface area contributed by atoms with Gasteiger partial charge in [0.25, 0.3) is 11.8 Å². The Bertz CT molecular complexity index is 1080. The van der Waals surface area contributed by atoms with Gasteiger partial charge in [-0.2, -0.15) is 5.10 Å². The first-order valence-corrected chi connectivity index (χ1v) is 11.2. The molecule has 0 saturated carbocycles. The summed E-state index contributed by atoms with van der Waals surface area (Å²) in [6.45, 7) is 7.38. The van der Waals surface area contributed by atoms with Crippen molar-refractivity contribution in [1.29, 1.82) is 0 Å². The molecule has 186 valence electrons. The molecule has 2 N–H and O–H groups in total. The Morgan fingerprint density at radius 1 is 1.06 bits per heavy atom. The number of benzene rings is 2. The number of esters is 1. The molecule has 0 aliphatic carbocycles. The van der Waals surface area contributed by atoms with Gasteiger partial charge in [-0.05, 0) is 67.8 Å². The summed E-state index contributed by atoms with van der Waals surface area (Å²) in [5.41, 5.74) is 3.52. The molecule has 0 radical (unpaired) electrons. The maximum atomic E-state index is 12.7. The van der Waals surface area contributed by atoms with Crippen LogP contribution in [-0.4, -0.2) is 49.5 Å². The molecule has 1 heterocycles. The van der Waals surface area contributed by atoms with Crippen LogP contribution < -0.4 is 25.0 Å². The number of nitrogens with one attached hydrogen (secondary N) is 2. The van der Waals surface area contributed by atoms with Crippen LogP contribution in [-0.2, 0) is 14.3 Å². The van der Waals surface area contributed by atoms with Crippen molar-refractivity contribution in [2.45, 2.75) is 39.8 Å². The van der Waals surface area contributed by atoms with E-state index in [1.165, 1.54) is 6.21 Å². The number of carbonyl (C=O) groups excluding carboxylic acids is 3. The third-order valence-corrected chi connectivity index (χ3v) is 5.07. The first-order chi connectivity index (χ1) is 16.8. The monoisotopic (exact) mass is 483 g/mol. The molecule has 1 aliphatic rings. The molecule has 2 aromatic carbocycles. The number of ether oxygens (including phenoxy) is 4. The van der Waals surface area contributed by atoms with E-state index in [0.717, 1.165) is 0 Å². The lowest BCUT2D eigenvalue weighted by atomic mass is 10.0. The average Bonchev–Trinajstić information content (AvgIpc) is 3.31. The molecule has 0 saturated heterocycles. The highest BCUT2D eigenvalue weighted by Gasteiger charge is 2.25. The van der Waals surface area contributed by atoms with Gasteiger partial charge in [-0.15, -0.1) is 0 Å². The molecule has 0 aromatic heterocycles. The van der Waals surface area contributed by atoms with Gasteiger partial charge in [0.2, 0.25) is 6.79 Å². The van der Waals surface area contributed by atoms with Crippen LogP contribution in [0.15, 0.2) is 47.6 Å². The Morgan fingerprint density at radius 2 is 1.77 bits per heavy atom. The standard InChI is InChI=1S/C25H29N3O7/c1-5-32-25(31)16(4)35-19-9-6-17(7-10-19)13-26-28-24(30)22(15(2)3)27-23(29)18-8-11-20-21(12-18)34-14-33-20/h6-13,15-16,22H,5,14H2,1-4H3,(H,27,29)(H,28,30)/b26-13+. The van der Waals surface area contributed by atoms with Gasteiger partial charge >= 0.3 is 5.97 Å². The maximum Gasteiger partial charge on any atom is 0.347 e.